The number of methoxy groups -OCH3 is 1. The van der Waals surface area contributed by atoms with Gasteiger partial charge in [-0.3, -0.25) is 4.68 Å². The van der Waals surface area contributed by atoms with Gasteiger partial charge in [-0.05, 0) is 29.7 Å². The number of aromatic nitrogens is 2. The third-order valence-corrected chi connectivity index (χ3v) is 3.34. The molecule has 1 aromatic heterocycles. The molecule has 2 N–H and O–H groups in total. The van der Waals surface area contributed by atoms with E-state index in [-0.39, 0.29) is 17.4 Å². The molecule has 0 atom stereocenters. The predicted octanol–water partition coefficient (Wildman–Crippen LogP) is 2.62. The smallest absolute Gasteiger partial charge is 0.356 e. The first kappa shape index (κ1) is 14.9. The molecule has 2 aromatic rings. The molecule has 0 aliphatic rings. The van der Waals surface area contributed by atoms with Crippen molar-refractivity contribution < 1.29 is 19.7 Å². The maximum absolute atomic E-state index is 11.0. The zero-order valence-electron chi connectivity index (χ0n) is 12.4. The van der Waals surface area contributed by atoms with Crippen LogP contribution in [0.2, 0.25) is 0 Å². The number of hydrogen-bond donors (Lipinski definition) is 2. The summed E-state index contributed by atoms with van der Waals surface area (Å²) in [5, 5.41) is 23.1. The summed E-state index contributed by atoms with van der Waals surface area (Å²) in [5.74, 6) is -0.552. The van der Waals surface area contributed by atoms with E-state index >= 15 is 0 Å². The lowest BCUT2D eigenvalue weighted by molar-refractivity contribution is 0.0689. The summed E-state index contributed by atoms with van der Waals surface area (Å²) in [6.45, 7) is 4.02. The molecule has 0 radical (unpaired) electrons. The Labute approximate surface area is 122 Å². The van der Waals surface area contributed by atoms with E-state index in [0.717, 1.165) is 5.56 Å². The summed E-state index contributed by atoms with van der Waals surface area (Å²) in [7, 11) is 3.11. The van der Waals surface area contributed by atoms with Crippen LogP contribution < -0.4 is 4.74 Å². The second kappa shape index (κ2) is 5.47. The monoisotopic (exact) mass is 290 g/mol. The Balaban J connectivity index is 2.69. The number of carbonyl (C=O) groups is 1. The van der Waals surface area contributed by atoms with Gasteiger partial charge in [0.2, 0.25) is 0 Å². The molecule has 1 heterocycles. The number of phenolic OH excluding ortho intramolecular Hbond substituents is 1. The van der Waals surface area contributed by atoms with Crippen molar-refractivity contribution in [2.75, 3.05) is 7.11 Å². The summed E-state index contributed by atoms with van der Waals surface area (Å²) >= 11 is 0. The number of carboxylic acids is 1. The lowest BCUT2D eigenvalue weighted by Crippen LogP contribution is -2.00. The van der Waals surface area contributed by atoms with E-state index in [0.29, 0.717) is 17.0 Å². The molecule has 6 heteroatoms. The summed E-state index contributed by atoms with van der Waals surface area (Å²) in [6, 6.07) is 5.00. The number of benzene rings is 1. The van der Waals surface area contributed by atoms with Gasteiger partial charge < -0.3 is 14.9 Å². The van der Waals surface area contributed by atoms with Crippen molar-refractivity contribution in [2.24, 2.45) is 7.05 Å². The maximum atomic E-state index is 11.0. The molecule has 1 aromatic carbocycles. The van der Waals surface area contributed by atoms with Crippen molar-refractivity contribution in [1.29, 1.82) is 0 Å². The largest absolute Gasteiger partial charge is 0.504 e. The molecule has 0 aliphatic heterocycles. The zero-order chi connectivity index (χ0) is 15.7. The van der Waals surface area contributed by atoms with Crippen molar-refractivity contribution in [3.8, 4) is 22.8 Å². The highest BCUT2D eigenvalue weighted by Crippen LogP contribution is 2.40. The lowest BCUT2D eigenvalue weighted by atomic mass is 9.98. The van der Waals surface area contributed by atoms with E-state index in [1.807, 2.05) is 19.9 Å². The van der Waals surface area contributed by atoms with Gasteiger partial charge in [-0.1, -0.05) is 13.8 Å². The molecular formula is C15H18N2O4. The molecule has 0 spiro atoms. The van der Waals surface area contributed by atoms with Crippen LogP contribution in [0.3, 0.4) is 0 Å². The van der Waals surface area contributed by atoms with Gasteiger partial charge in [0.25, 0.3) is 0 Å². The fraction of sp³-hybridized carbons (Fsp3) is 0.333. The number of aryl methyl sites for hydroxylation is 1. The first-order valence-electron chi connectivity index (χ1n) is 6.53. The van der Waals surface area contributed by atoms with Crippen molar-refractivity contribution in [3.63, 3.8) is 0 Å². The fourth-order valence-electron chi connectivity index (χ4n) is 2.20. The lowest BCUT2D eigenvalue weighted by Gasteiger charge is -2.14. The summed E-state index contributed by atoms with van der Waals surface area (Å²) in [6.07, 6.45) is 0. The summed E-state index contributed by atoms with van der Waals surface area (Å²) < 4.78 is 6.71. The molecule has 112 valence electrons. The molecule has 0 bridgehead atoms. The van der Waals surface area contributed by atoms with Crippen LogP contribution in [-0.2, 0) is 7.05 Å². The first-order chi connectivity index (χ1) is 9.85. The number of rotatable bonds is 4. The van der Waals surface area contributed by atoms with Crippen LogP contribution in [0.1, 0.15) is 35.8 Å². The summed E-state index contributed by atoms with van der Waals surface area (Å²) in [5.41, 5.74) is 2.07. The average Bonchev–Trinajstić information content (AvgIpc) is 2.79. The number of hydrogen-bond acceptors (Lipinski definition) is 4. The highest BCUT2D eigenvalue weighted by molar-refractivity contribution is 5.87. The standard InChI is InChI=1S/C15H18N2O4/c1-8(2)9-5-10(14(21-4)13(18)6-9)12-7-11(15(19)20)16-17(12)3/h5-8,18H,1-4H3,(H,19,20). The molecule has 0 saturated carbocycles. The van der Waals surface area contributed by atoms with Crippen LogP contribution in [0.15, 0.2) is 18.2 Å². The van der Waals surface area contributed by atoms with E-state index in [9.17, 15) is 9.90 Å². The second-order valence-electron chi connectivity index (χ2n) is 5.12. The minimum absolute atomic E-state index is 0.0248. The van der Waals surface area contributed by atoms with Gasteiger partial charge in [-0.25, -0.2) is 4.79 Å². The molecule has 0 unspecified atom stereocenters. The van der Waals surface area contributed by atoms with E-state index in [1.54, 1.807) is 13.1 Å². The van der Waals surface area contributed by atoms with Gasteiger partial charge in [0.1, 0.15) is 0 Å². The maximum Gasteiger partial charge on any atom is 0.356 e. The highest BCUT2D eigenvalue weighted by atomic mass is 16.5. The molecule has 2 rings (SSSR count). The van der Waals surface area contributed by atoms with E-state index < -0.39 is 5.97 Å². The van der Waals surface area contributed by atoms with Gasteiger partial charge in [0, 0.05) is 12.6 Å². The first-order valence-corrected chi connectivity index (χ1v) is 6.53. The molecule has 21 heavy (non-hydrogen) atoms. The van der Waals surface area contributed by atoms with Crippen LogP contribution in [0.4, 0.5) is 0 Å². The van der Waals surface area contributed by atoms with Crippen molar-refractivity contribution in [2.45, 2.75) is 19.8 Å². The number of nitrogens with zero attached hydrogens (tertiary/aromatic N) is 2. The molecule has 0 fully saturated rings. The second-order valence-corrected chi connectivity index (χ2v) is 5.12. The Morgan fingerprint density at radius 2 is 2.00 bits per heavy atom. The SMILES string of the molecule is COc1c(O)cc(C(C)C)cc1-c1cc(C(=O)O)nn1C. The van der Waals surface area contributed by atoms with Gasteiger partial charge in [0.15, 0.2) is 17.2 Å². The Morgan fingerprint density at radius 1 is 1.33 bits per heavy atom. The molecular weight excluding hydrogens is 272 g/mol. The van der Waals surface area contributed by atoms with Gasteiger partial charge in [0.05, 0.1) is 12.8 Å². The minimum Gasteiger partial charge on any atom is -0.504 e. The normalized spacial score (nSPS) is 10.9. The van der Waals surface area contributed by atoms with Crippen LogP contribution in [0, 0.1) is 0 Å². The Hall–Kier alpha value is -2.50. The third kappa shape index (κ3) is 2.69. The summed E-state index contributed by atoms with van der Waals surface area (Å²) in [4.78, 5) is 11.0. The molecule has 0 amide bonds. The Kier molecular flexibility index (Phi) is 3.88. The van der Waals surface area contributed by atoms with Crippen molar-refractivity contribution in [3.05, 3.63) is 29.5 Å². The van der Waals surface area contributed by atoms with Gasteiger partial charge in [-0.15, -0.1) is 0 Å². The molecule has 0 saturated heterocycles. The van der Waals surface area contributed by atoms with Crippen LogP contribution in [0.25, 0.3) is 11.3 Å². The third-order valence-electron chi connectivity index (χ3n) is 3.34. The van der Waals surface area contributed by atoms with Crippen LogP contribution >= 0.6 is 0 Å². The van der Waals surface area contributed by atoms with E-state index in [4.69, 9.17) is 9.84 Å². The molecule has 0 aliphatic carbocycles. The van der Waals surface area contributed by atoms with E-state index in [2.05, 4.69) is 5.10 Å². The zero-order valence-corrected chi connectivity index (χ0v) is 12.4. The number of aromatic hydroxyl groups is 1. The highest BCUT2D eigenvalue weighted by Gasteiger charge is 2.19. The fourth-order valence-corrected chi connectivity index (χ4v) is 2.20. The van der Waals surface area contributed by atoms with Crippen molar-refractivity contribution in [1.82, 2.24) is 9.78 Å². The van der Waals surface area contributed by atoms with Crippen molar-refractivity contribution >= 4 is 5.97 Å². The van der Waals surface area contributed by atoms with Gasteiger partial charge in [-0.2, -0.15) is 5.10 Å². The Morgan fingerprint density at radius 3 is 2.48 bits per heavy atom. The molecule has 6 nitrogen and oxygen atoms in total. The number of carboxylic acid groups (broad SMARTS) is 1. The predicted molar refractivity (Wildman–Crippen MR) is 77.9 cm³/mol. The van der Waals surface area contributed by atoms with Crippen LogP contribution in [0.5, 0.6) is 11.5 Å². The average molecular weight is 290 g/mol. The number of phenols is 1. The van der Waals surface area contributed by atoms with Gasteiger partial charge >= 0.3 is 5.97 Å². The number of ether oxygens (including phenoxy) is 1. The topological polar surface area (TPSA) is 84.6 Å². The minimum atomic E-state index is -1.10. The van der Waals surface area contributed by atoms with E-state index in [1.165, 1.54) is 17.9 Å². The number of aromatic carboxylic acids is 1. The van der Waals surface area contributed by atoms with Crippen LogP contribution in [-0.4, -0.2) is 33.1 Å². The quantitative estimate of drug-likeness (QED) is 0.904. The Bertz CT molecular complexity index is 689.